The molecule has 3 rings (SSSR count). The summed E-state index contributed by atoms with van der Waals surface area (Å²) in [5.74, 6) is -0.0979. The zero-order chi connectivity index (χ0) is 19.9. The summed E-state index contributed by atoms with van der Waals surface area (Å²) < 4.78 is 0.689. The molecule has 1 aromatic heterocycles. The molecule has 1 aliphatic carbocycles. The first kappa shape index (κ1) is 20.5. The molecule has 0 unspecified atom stereocenters. The van der Waals surface area contributed by atoms with Gasteiger partial charge < -0.3 is 4.90 Å². The van der Waals surface area contributed by atoms with Gasteiger partial charge in [-0.2, -0.15) is 0 Å². The average molecular weight is 440 g/mol. The van der Waals surface area contributed by atoms with Crippen LogP contribution >= 0.6 is 15.9 Å². The van der Waals surface area contributed by atoms with E-state index in [2.05, 4.69) is 51.8 Å². The van der Waals surface area contributed by atoms with E-state index in [0.717, 1.165) is 30.1 Å². The van der Waals surface area contributed by atoms with Gasteiger partial charge in [0, 0.05) is 41.1 Å². The smallest absolute Gasteiger partial charge is 0.206 e. The third-order valence-corrected chi connectivity index (χ3v) is 5.40. The minimum absolute atomic E-state index is 0.0979. The molecule has 0 aliphatic heterocycles. The fraction of sp³-hybridized carbons (Fsp3) is 0.348. The Hall–Kier alpha value is -2.27. The van der Waals surface area contributed by atoms with Gasteiger partial charge in [-0.1, -0.05) is 26.7 Å². The standard InChI is InChI=1S/C23H26BrN3O/c1-3-5-14-27(15-6-4-2)18-11-9-17(10-12-18)26-22-19-8-7-13-25-23(19)21(28)16-20(22)24/h7-13,16H,3-6,14-15H2,1-2H3. The van der Waals surface area contributed by atoms with E-state index in [0.29, 0.717) is 10.2 Å². The number of carbonyl (C=O) groups is 1. The number of ketones is 1. The van der Waals surface area contributed by atoms with E-state index in [4.69, 9.17) is 4.99 Å². The highest BCUT2D eigenvalue weighted by molar-refractivity contribution is 9.12. The molecule has 28 heavy (non-hydrogen) atoms. The third-order valence-electron chi connectivity index (χ3n) is 4.80. The molecule has 0 saturated heterocycles. The fourth-order valence-electron chi connectivity index (χ4n) is 3.22. The van der Waals surface area contributed by atoms with Crippen LogP contribution in [0.15, 0.2) is 58.1 Å². The van der Waals surface area contributed by atoms with Crippen molar-refractivity contribution < 1.29 is 4.79 Å². The second-order valence-corrected chi connectivity index (χ2v) is 7.78. The van der Waals surface area contributed by atoms with E-state index in [1.54, 1.807) is 12.3 Å². The van der Waals surface area contributed by atoms with Crippen LogP contribution in [0.2, 0.25) is 0 Å². The van der Waals surface area contributed by atoms with Crippen LogP contribution in [0.4, 0.5) is 11.4 Å². The number of rotatable bonds is 8. The normalized spacial score (nSPS) is 14.8. The largest absolute Gasteiger partial charge is 0.372 e. The molecule has 1 heterocycles. The van der Waals surface area contributed by atoms with Crippen LogP contribution in [0, 0.1) is 0 Å². The molecular weight excluding hydrogens is 414 g/mol. The molecular formula is C23H26BrN3O. The lowest BCUT2D eigenvalue weighted by Crippen LogP contribution is -2.25. The Bertz CT molecular complexity index is 879. The molecule has 0 fully saturated rings. The van der Waals surface area contributed by atoms with Gasteiger partial charge >= 0.3 is 0 Å². The summed E-state index contributed by atoms with van der Waals surface area (Å²) in [5, 5.41) is 0. The topological polar surface area (TPSA) is 45.6 Å². The number of hydrogen-bond donors (Lipinski definition) is 0. The van der Waals surface area contributed by atoms with Gasteiger partial charge in [-0.05, 0) is 65.2 Å². The van der Waals surface area contributed by atoms with Gasteiger partial charge in [0.25, 0.3) is 0 Å². The van der Waals surface area contributed by atoms with E-state index >= 15 is 0 Å². The molecule has 146 valence electrons. The predicted octanol–water partition coefficient (Wildman–Crippen LogP) is 6.08. The van der Waals surface area contributed by atoms with Crippen LogP contribution < -0.4 is 4.90 Å². The quantitative estimate of drug-likeness (QED) is 0.500. The maximum absolute atomic E-state index is 12.2. The number of halogens is 1. The summed E-state index contributed by atoms with van der Waals surface area (Å²) in [4.78, 5) is 23.6. The van der Waals surface area contributed by atoms with Crippen LogP contribution in [0.25, 0.3) is 0 Å². The molecule has 0 N–H and O–H groups in total. The first-order valence-corrected chi connectivity index (χ1v) is 10.7. The number of allylic oxidation sites excluding steroid dienone is 2. The van der Waals surface area contributed by atoms with Crippen LogP contribution in [0.1, 0.15) is 55.6 Å². The number of unbranched alkanes of at least 4 members (excludes halogenated alkanes) is 2. The Morgan fingerprint density at radius 1 is 1.04 bits per heavy atom. The van der Waals surface area contributed by atoms with Crippen molar-refractivity contribution >= 4 is 38.8 Å². The number of aromatic nitrogens is 1. The summed E-state index contributed by atoms with van der Waals surface area (Å²) in [6, 6.07) is 12.1. The first-order chi connectivity index (χ1) is 13.6. The lowest BCUT2D eigenvalue weighted by Gasteiger charge is -2.24. The number of anilines is 1. The minimum atomic E-state index is -0.0979. The molecule has 4 nitrogen and oxygen atoms in total. The second kappa shape index (κ2) is 9.78. The highest BCUT2D eigenvalue weighted by Crippen LogP contribution is 2.28. The summed E-state index contributed by atoms with van der Waals surface area (Å²) in [7, 11) is 0. The van der Waals surface area contributed by atoms with Crippen molar-refractivity contribution in [2.24, 2.45) is 4.99 Å². The summed E-state index contributed by atoms with van der Waals surface area (Å²) in [5.41, 5.74) is 4.05. The van der Waals surface area contributed by atoms with Gasteiger partial charge in [0.15, 0.2) is 0 Å². The van der Waals surface area contributed by atoms with Gasteiger partial charge in [-0.15, -0.1) is 0 Å². The van der Waals surface area contributed by atoms with Gasteiger partial charge in [-0.3, -0.25) is 9.78 Å². The molecule has 5 heteroatoms. The molecule has 0 bridgehead atoms. The van der Waals surface area contributed by atoms with E-state index in [1.807, 2.05) is 24.3 Å². The van der Waals surface area contributed by atoms with Crippen molar-refractivity contribution in [3.05, 3.63) is 64.4 Å². The van der Waals surface area contributed by atoms with Crippen LogP contribution in [0.5, 0.6) is 0 Å². The maximum Gasteiger partial charge on any atom is 0.206 e. The first-order valence-electron chi connectivity index (χ1n) is 9.95. The molecule has 0 radical (unpaired) electrons. The van der Waals surface area contributed by atoms with Gasteiger partial charge in [0.2, 0.25) is 5.78 Å². The predicted molar refractivity (Wildman–Crippen MR) is 120 cm³/mol. The monoisotopic (exact) mass is 439 g/mol. The van der Waals surface area contributed by atoms with Crippen molar-refractivity contribution in [1.82, 2.24) is 4.98 Å². The number of nitrogens with zero attached hydrogens (tertiary/aromatic N) is 3. The van der Waals surface area contributed by atoms with Crippen LogP contribution in [0.3, 0.4) is 0 Å². The zero-order valence-corrected chi connectivity index (χ0v) is 18.1. The molecule has 0 amide bonds. The molecule has 0 spiro atoms. The Kier molecular flexibility index (Phi) is 7.15. The van der Waals surface area contributed by atoms with Crippen molar-refractivity contribution in [3.8, 4) is 0 Å². The Labute approximate surface area is 175 Å². The van der Waals surface area contributed by atoms with Crippen molar-refractivity contribution in [2.75, 3.05) is 18.0 Å². The Balaban J connectivity index is 1.87. The molecule has 0 atom stereocenters. The highest BCUT2D eigenvalue weighted by Gasteiger charge is 2.23. The number of benzene rings is 1. The molecule has 2 aromatic rings. The van der Waals surface area contributed by atoms with Gasteiger partial charge in [0.05, 0.1) is 11.4 Å². The highest BCUT2D eigenvalue weighted by atomic mass is 79.9. The third kappa shape index (κ3) is 4.76. The summed E-state index contributed by atoms with van der Waals surface area (Å²) in [6.45, 7) is 6.62. The van der Waals surface area contributed by atoms with Crippen molar-refractivity contribution in [3.63, 3.8) is 0 Å². The van der Waals surface area contributed by atoms with E-state index in [9.17, 15) is 4.79 Å². The van der Waals surface area contributed by atoms with Crippen LogP contribution in [-0.2, 0) is 0 Å². The van der Waals surface area contributed by atoms with E-state index < -0.39 is 0 Å². The van der Waals surface area contributed by atoms with Gasteiger partial charge in [0.1, 0.15) is 5.69 Å². The molecule has 1 aliphatic rings. The lowest BCUT2D eigenvalue weighted by molar-refractivity contribution is 0.104. The fourth-order valence-corrected chi connectivity index (χ4v) is 3.73. The van der Waals surface area contributed by atoms with Crippen LogP contribution in [-0.4, -0.2) is 29.6 Å². The Morgan fingerprint density at radius 3 is 2.36 bits per heavy atom. The summed E-state index contributed by atoms with van der Waals surface area (Å²) in [6.07, 6.45) is 7.96. The van der Waals surface area contributed by atoms with E-state index in [1.165, 1.54) is 31.4 Å². The number of aliphatic imine (C=N–C) groups is 1. The van der Waals surface area contributed by atoms with E-state index in [-0.39, 0.29) is 5.78 Å². The molecule has 0 saturated carbocycles. The van der Waals surface area contributed by atoms with Gasteiger partial charge in [-0.25, -0.2) is 4.99 Å². The number of fused-ring (bicyclic) bond motifs is 1. The summed E-state index contributed by atoms with van der Waals surface area (Å²) >= 11 is 3.49. The van der Waals surface area contributed by atoms with Crippen molar-refractivity contribution in [2.45, 2.75) is 39.5 Å². The second-order valence-electron chi connectivity index (χ2n) is 6.93. The average Bonchev–Trinajstić information content (AvgIpc) is 2.72. The number of pyridine rings is 1. The minimum Gasteiger partial charge on any atom is -0.372 e. The van der Waals surface area contributed by atoms with Crippen molar-refractivity contribution in [1.29, 1.82) is 0 Å². The zero-order valence-electron chi connectivity index (χ0n) is 16.5. The number of carbonyl (C=O) groups excluding carboxylic acids is 1. The SMILES string of the molecule is CCCCN(CCCC)c1ccc(N=C2C(Br)=CC(=O)c3ncccc32)cc1. The number of hydrogen-bond acceptors (Lipinski definition) is 4. The molecule has 1 aromatic carbocycles. The lowest BCUT2D eigenvalue weighted by atomic mass is 9.99. The maximum atomic E-state index is 12.2. The Morgan fingerprint density at radius 2 is 1.71 bits per heavy atom.